The van der Waals surface area contributed by atoms with Gasteiger partial charge in [-0.3, -0.25) is 0 Å². The van der Waals surface area contributed by atoms with E-state index in [2.05, 4.69) is 20.7 Å². The zero-order chi connectivity index (χ0) is 14.5. The fourth-order valence-corrected chi connectivity index (χ4v) is 3.14. The van der Waals surface area contributed by atoms with Crippen LogP contribution in [0.25, 0.3) is 0 Å². The highest BCUT2D eigenvalue weighted by Gasteiger charge is 2.20. The minimum Gasteiger partial charge on any atom is -0.396 e. The second-order valence-corrected chi connectivity index (χ2v) is 6.86. The molecule has 0 saturated carbocycles. The molecule has 1 rings (SSSR count). The minimum atomic E-state index is -3.86. The number of nitrogens with one attached hydrogen (secondary N) is 1. The van der Waals surface area contributed by atoms with Crippen molar-refractivity contribution in [3.8, 4) is 0 Å². The Morgan fingerprint density at radius 3 is 2.68 bits per heavy atom. The first-order valence-corrected chi connectivity index (χ1v) is 8.24. The van der Waals surface area contributed by atoms with Crippen LogP contribution in [0.4, 0.5) is 4.39 Å². The average Bonchev–Trinajstić information content (AvgIpc) is 2.34. The van der Waals surface area contributed by atoms with Gasteiger partial charge in [-0.1, -0.05) is 29.3 Å². The van der Waals surface area contributed by atoms with Gasteiger partial charge >= 0.3 is 0 Å². The van der Waals surface area contributed by atoms with Crippen molar-refractivity contribution in [1.29, 1.82) is 0 Å². The van der Waals surface area contributed by atoms with Gasteiger partial charge in [0, 0.05) is 17.6 Å². The van der Waals surface area contributed by atoms with Gasteiger partial charge in [-0.05, 0) is 30.5 Å². The number of sulfonamides is 1. The first-order valence-electron chi connectivity index (χ1n) is 5.96. The largest absolute Gasteiger partial charge is 0.396 e. The Kier molecular flexibility index (Phi) is 6.38. The van der Waals surface area contributed by atoms with Crippen molar-refractivity contribution in [2.75, 3.05) is 13.2 Å². The predicted molar refractivity (Wildman–Crippen MR) is 74.8 cm³/mol. The van der Waals surface area contributed by atoms with Crippen molar-refractivity contribution in [1.82, 2.24) is 4.72 Å². The Labute approximate surface area is 121 Å². The molecule has 19 heavy (non-hydrogen) atoms. The number of halogens is 2. The summed E-state index contributed by atoms with van der Waals surface area (Å²) < 4.78 is 40.4. The summed E-state index contributed by atoms with van der Waals surface area (Å²) in [5.74, 6) is -0.754. The van der Waals surface area contributed by atoms with Crippen molar-refractivity contribution in [3.63, 3.8) is 0 Å². The number of hydrogen-bond acceptors (Lipinski definition) is 3. The zero-order valence-electron chi connectivity index (χ0n) is 10.6. The fourth-order valence-electron chi connectivity index (χ4n) is 1.63. The van der Waals surface area contributed by atoms with Gasteiger partial charge in [0.05, 0.1) is 0 Å². The average molecular weight is 354 g/mol. The molecule has 0 spiro atoms. The number of rotatable bonds is 7. The van der Waals surface area contributed by atoms with Gasteiger partial charge in [-0.15, -0.1) is 0 Å². The smallest absolute Gasteiger partial charge is 0.243 e. The molecule has 1 atom stereocenters. The van der Waals surface area contributed by atoms with Crippen LogP contribution in [0.5, 0.6) is 0 Å². The van der Waals surface area contributed by atoms with Crippen LogP contribution in [0.3, 0.4) is 0 Å². The molecule has 0 radical (unpaired) electrons. The fraction of sp³-hybridized carbons (Fsp3) is 0.500. The second-order valence-electron chi connectivity index (χ2n) is 4.21. The van der Waals surface area contributed by atoms with Gasteiger partial charge in [0.2, 0.25) is 10.0 Å². The Morgan fingerprint density at radius 2 is 2.16 bits per heavy atom. The van der Waals surface area contributed by atoms with E-state index in [1.807, 2.05) is 6.92 Å². The van der Waals surface area contributed by atoms with E-state index in [0.717, 1.165) is 12.5 Å². The lowest BCUT2D eigenvalue weighted by Crippen LogP contribution is -2.30. The molecule has 0 aromatic heterocycles. The molecule has 0 fully saturated rings. The molecule has 0 saturated heterocycles. The highest BCUT2D eigenvalue weighted by atomic mass is 79.9. The lowest BCUT2D eigenvalue weighted by Gasteiger charge is -2.14. The van der Waals surface area contributed by atoms with Gasteiger partial charge in [0.25, 0.3) is 0 Å². The number of aliphatic hydroxyl groups is 1. The quantitative estimate of drug-likeness (QED) is 0.790. The number of aliphatic hydroxyl groups excluding tert-OH is 1. The van der Waals surface area contributed by atoms with Crippen molar-refractivity contribution < 1.29 is 17.9 Å². The lowest BCUT2D eigenvalue weighted by atomic mass is 10.0. The molecule has 0 heterocycles. The summed E-state index contributed by atoms with van der Waals surface area (Å²) in [6.45, 7) is 2.11. The Hall–Kier alpha value is -0.500. The molecule has 1 unspecified atom stereocenters. The molecule has 2 N–H and O–H groups in total. The van der Waals surface area contributed by atoms with Crippen LogP contribution in [-0.2, 0) is 10.0 Å². The summed E-state index contributed by atoms with van der Waals surface area (Å²) in [6, 6.07) is 3.80. The maximum Gasteiger partial charge on any atom is 0.243 e. The summed E-state index contributed by atoms with van der Waals surface area (Å²) in [5, 5.41) is 8.85. The van der Waals surface area contributed by atoms with Crippen molar-refractivity contribution >= 4 is 26.0 Å². The SMILES string of the molecule is CCC(CCO)CNS(=O)(=O)c1ccc(Br)cc1F. The van der Waals surface area contributed by atoms with Crippen LogP contribution in [0, 0.1) is 11.7 Å². The van der Waals surface area contributed by atoms with E-state index in [1.54, 1.807) is 0 Å². The standard InChI is InChI=1S/C12H17BrFNO3S/c1-2-9(5-6-16)8-15-19(17,18)12-4-3-10(13)7-11(12)14/h3-4,7,9,15-16H,2,5-6,8H2,1H3. The van der Waals surface area contributed by atoms with Crippen LogP contribution >= 0.6 is 15.9 Å². The van der Waals surface area contributed by atoms with Gasteiger partial charge in [-0.25, -0.2) is 17.5 Å². The first-order chi connectivity index (χ1) is 8.90. The molecule has 0 aliphatic rings. The van der Waals surface area contributed by atoms with Gasteiger partial charge < -0.3 is 5.11 Å². The molecule has 0 aliphatic carbocycles. The van der Waals surface area contributed by atoms with Crippen molar-refractivity contribution in [3.05, 3.63) is 28.5 Å². The van der Waals surface area contributed by atoms with E-state index in [-0.39, 0.29) is 24.0 Å². The summed E-state index contributed by atoms with van der Waals surface area (Å²) in [5.41, 5.74) is 0. The Morgan fingerprint density at radius 1 is 1.47 bits per heavy atom. The minimum absolute atomic E-state index is 0.00682. The van der Waals surface area contributed by atoms with E-state index in [9.17, 15) is 12.8 Å². The first kappa shape index (κ1) is 16.6. The third-order valence-corrected chi connectivity index (χ3v) is 4.81. The van der Waals surface area contributed by atoms with E-state index in [1.165, 1.54) is 12.1 Å². The summed E-state index contributed by atoms with van der Waals surface area (Å²) in [4.78, 5) is -0.366. The monoisotopic (exact) mass is 353 g/mol. The second kappa shape index (κ2) is 7.33. The molecule has 0 aliphatic heterocycles. The maximum atomic E-state index is 13.6. The Balaban J connectivity index is 2.81. The molecule has 0 amide bonds. The van der Waals surface area contributed by atoms with Gasteiger partial charge in [0.15, 0.2) is 0 Å². The molecule has 108 valence electrons. The van der Waals surface area contributed by atoms with Crippen LogP contribution in [-0.4, -0.2) is 26.7 Å². The van der Waals surface area contributed by atoms with E-state index < -0.39 is 15.8 Å². The zero-order valence-corrected chi connectivity index (χ0v) is 13.0. The van der Waals surface area contributed by atoms with Crippen LogP contribution in [0.1, 0.15) is 19.8 Å². The molecule has 1 aromatic rings. The van der Waals surface area contributed by atoms with Crippen molar-refractivity contribution in [2.45, 2.75) is 24.7 Å². The summed E-state index contributed by atoms with van der Waals surface area (Å²) in [7, 11) is -3.86. The number of hydrogen-bond donors (Lipinski definition) is 2. The van der Waals surface area contributed by atoms with E-state index in [0.29, 0.717) is 10.9 Å². The molecular formula is C12H17BrFNO3S. The van der Waals surface area contributed by atoms with Crippen LogP contribution in [0.15, 0.2) is 27.6 Å². The number of benzene rings is 1. The van der Waals surface area contributed by atoms with Gasteiger partial charge in [0.1, 0.15) is 10.7 Å². The molecule has 0 bridgehead atoms. The van der Waals surface area contributed by atoms with Crippen LogP contribution < -0.4 is 4.72 Å². The topological polar surface area (TPSA) is 66.4 Å². The lowest BCUT2D eigenvalue weighted by molar-refractivity contribution is 0.254. The Bertz CT molecular complexity index is 522. The highest BCUT2D eigenvalue weighted by molar-refractivity contribution is 9.10. The summed E-state index contributed by atoms with van der Waals surface area (Å²) >= 11 is 3.07. The maximum absolute atomic E-state index is 13.6. The van der Waals surface area contributed by atoms with Crippen LogP contribution in [0.2, 0.25) is 0 Å². The molecular weight excluding hydrogens is 337 g/mol. The third kappa shape index (κ3) is 4.83. The molecule has 1 aromatic carbocycles. The van der Waals surface area contributed by atoms with E-state index >= 15 is 0 Å². The molecule has 4 nitrogen and oxygen atoms in total. The van der Waals surface area contributed by atoms with E-state index in [4.69, 9.17) is 5.11 Å². The molecule has 7 heteroatoms. The van der Waals surface area contributed by atoms with Gasteiger partial charge in [-0.2, -0.15) is 0 Å². The highest BCUT2D eigenvalue weighted by Crippen LogP contribution is 2.19. The normalized spacial score (nSPS) is 13.5. The third-order valence-electron chi connectivity index (χ3n) is 2.86. The van der Waals surface area contributed by atoms with Crippen molar-refractivity contribution in [2.24, 2.45) is 5.92 Å². The predicted octanol–water partition coefficient (Wildman–Crippen LogP) is 2.28. The summed E-state index contributed by atoms with van der Waals surface area (Å²) in [6.07, 6.45) is 1.26.